The predicted octanol–water partition coefficient (Wildman–Crippen LogP) is 1.13. The number of rotatable bonds is 4. The van der Waals surface area contributed by atoms with Gasteiger partial charge in [-0.1, -0.05) is 5.16 Å². The predicted molar refractivity (Wildman–Crippen MR) is 74.8 cm³/mol. The number of nitrogens with zero attached hydrogens (tertiary/aromatic N) is 2. The van der Waals surface area contributed by atoms with Crippen molar-refractivity contribution in [2.45, 2.75) is 32.2 Å². The van der Waals surface area contributed by atoms with Crippen molar-refractivity contribution in [1.29, 1.82) is 0 Å². The Morgan fingerprint density at radius 2 is 2.00 bits per heavy atom. The van der Waals surface area contributed by atoms with Gasteiger partial charge in [-0.3, -0.25) is 4.79 Å². The van der Waals surface area contributed by atoms with Gasteiger partial charge in [0.1, 0.15) is 11.3 Å². The van der Waals surface area contributed by atoms with Gasteiger partial charge in [-0.15, -0.1) is 0 Å². The highest BCUT2D eigenvalue weighted by Crippen LogP contribution is 2.25. The molecule has 1 aromatic rings. The molecule has 0 spiro atoms. The summed E-state index contributed by atoms with van der Waals surface area (Å²) in [6.07, 6.45) is 1.84. The Bertz CT molecular complexity index is 457. The van der Waals surface area contributed by atoms with E-state index in [1.54, 1.807) is 13.8 Å². The van der Waals surface area contributed by atoms with E-state index in [4.69, 9.17) is 9.26 Å². The summed E-state index contributed by atoms with van der Waals surface area (Å²) in [5.74, 6) is 0.444. The Balaban J connectivity index is 2.05. The van der Waals surface area contributed by atoms with Crippen molar-refractivity contribution in [3.8, 4) is 0 Å². The molecule has 0 aliphatic carbocycles. The highest BCUT2D eigenvalue weighted by Gasteiger charge is 2.35. The molecule has 6 nitrogen and oxygen atoms in total. The van der Waals surface area contributed by atoms with Crippen molar-refractivity contribution >= 4 is 5.91 Å². The topological polar surface area (TPSA) is 67.6 Å². The van der Waals surface area contributed by atoms with E-state index in [1.807, 2.05) is 14.1 Å². The Kier molecular flexibility index (Phi) is 4.45. The number of aryl methyl sites for hydroxylation is 2. The molecule has 0 bridgehead atoms. The Morgan fingerprint density at radius 3 is 2.50 bits per heavy atom. The van der Waals surface area contributed by atoms with Crippen molar-refractivity contribution < 1.29 is 14.1 Å². The molecule has 20 heavy (non-hydrogen) atoms. The largest absolute Gasteiger partial charge is 0.381 e. The van der Waals surface area contributed by atoms with E-state index in [2.05, 4.69) is 15.4 Å². The van der Waals surface area contributed by atoms with Gasteiger partial charge in [0.25, 0.3) is 5.91 Å². The molecule has 2 heterocycles. The van der Waals surface area contributed by atoms with E-state index in [-0.39, 0.29) is 11.4 Å². The molecule has 6 heteroatoms. The fourth-order valence-corrected chi connectivity index (χ4v) is 2.67. The minimum Gasteiger partial charge on any atom is -0.381 e. The lowest BCUT2D eigenvalue weighted by Gasteiger charge is -2.42. The van der Waals surface area contributed by atoms with Crippen LogP contribution in [0.25, 0.3) is 0 Å². The standard InChI is InChI=1S/C14H23N3O3/c1-10-12(11(2)20-16-10)13(18)15-9-14(17(3)4)5-7-19-8-6-14/h5-9H2,1-4H3,(H,15,18). The van der Waals surface area contributed by atoms with Crippen molar-refractivity contribution in [3.63, 3.8) is 0 Å². The molecule has 1 aliphatic rings. The molecule has 0 radical (unpaired) electrons. The van der Waals surface area contributed by atoms with Crippen LogP contribution in [0.3, 0.4) is 0 Å². The lowest BCUT2D eigenvalue weighted by atomic mass is 9.88. The van der Waals surface area contributed by atoms with E-state index in [9.17, 15) is 4.79 Å². The fourth-order valence-electron chi connectivity index (χ4n) is 2.67. The van der Waals surface area contributed by atoms with Gasteiger partial charge in [0.2, 0.25) is 0 Å². The van der Waals surface area contributed by atoms with Crippen LogP contribution in [0.2, 0.25) is 0 Å². The molecule has 0 saturated carbocycles. The number of hydrogen-bond donors (Lipinski definition) is 1. The quantitative estimate of drug-likeness (QED) is 0.896. The maximum Gasteiger partial charge on any atom is 0.256 e. The van der Waals surface area contributed by atoms with E-state index in [0.29, 0.717) is 23.6 Å². The highest BCUT2D eigenvalue weighted by molar-refractivity contribution is 5.96. The molecule has 1 aromatic heterocycles. The molecule has 1 amide bonds. The maximum atomic E-state index is 12.3. The second-order valence-corrected chi connectivity index (χ2v) is 5.61. The van der Waals surface area contributed by atoms with Crippen LogP contribution in [-0.2, 0) is 4.74 Å². The van der Waals surface area contributed by atoms with Gasteiger partial charge in [0.05, 0.1) is 5.69 Å². The van der Waals surface area contributed by atoms with Gasteiger partial charge in [0.15, 0.2) is 0 Å². The van der Waals surface area contributed by atoms with Crippen LogP contribution in [0.15, 0.2) is 4.52 Å². The summed E-state index contributed by atoms with van der Waals surface area (Å²) >= 11 is 0. The Labute approximate surface area is 119 Å². The van der Waals surface area contributed by atoms with Crippen LogP contribution in [-0.4, -0.2) is 55.4 Å². The molecule has 112 valence electrons. The molecule has 2 rings (SSSR count). The van der Waals surface area contributed by atoms with Gasteiger partial charge in [-0.25, -0.2) is 0 Å². The molecule has 1 aliphatic heterocycles. The van der Waals surface area contributed by atoms with Gasteiger partial charge < -0.3 is 19.5 Å². The number of amides is 1. The first-order valence-electron chi connectivity index (χ1n) is 6.92. The SMILES string of the molecule is Cc1noc(C)c1C(=O)NCC1(N(C)C)CCOCC1. The molecule has 1 fully saturated rings. The first-order valence-corrected chi connectivity index (χ1v) is 6.92. The number of aromatic nitrogens is 1. The van der Waals surface area contributed by atoms with Gasteiger partial charge in [-0.2, -0.15) is 0 Å². The summed E-state index contributed by atoms with van der Waals surface area (Å²) in [6.45, 7) is 5.61. The summed E-state index contributed by atoms with van der Waals surface area (Å²) in [7, 11) is 4.10. The zero-order valence-corrected chi connectivity index (χ0v) is 12.7. The number of carbonyl (C=O) groups excluding carboxylic acids is 1. The van der Waals surface area contributed by atoms with Crippen LogP contribution in [0.1, 0.15) is 34.7 Å². The first-order chi connectivity index (χ1) is 9.46. The number of carbonyl (C=O) groups is 1. The Morgan fingerprint density at radius 1 is 1.35 bits per heavy atom. The molecular formula is C14H23N3O3. The molecule has 0 atom stereocenters. The van der Waals surface area contributed by atoms with E-state index in [0.717, 1.165) is 26.1 Å². The first kappa shape index (κ1) is 15.0. The Hall–Kier alpha value is -1.40. The van der Waals surface area contributed by atoms with Crippen molar-refractivity contribution in [2.24, 2.45) is 0 Å². The van der Waals surface area contributed by atoms with Crippen LogP contribution in [0, 0.1) is 13.8 Å². The van der Waals surface area contributed by atoms with Crippen molar-refractivity contribution in [1.82, 2.24) is 15.4 Å². The van der Waals surface area contributed by atoms with Gasteiger partial charge >= 0.3 is 0 Å². The lowest BCUT2D eigenvalue weighted by molar-refractivity contribution is -0.00659. The molecule has 0 aromatic carbocycles. The summed E-state index contributed by atoms with van der Waals surface area (Å²) in [6, 6.07) is 0. The molecular weight excluding hydrogens is 258 g/mol. The molecule has 1 saturated heterocycles. The zero-order chi connectivity index (χ0) is 14.8. The second kappa shape index (κ2) is 5.93. The third kappa shape index (κ3) is 2.86. The smallest absolute Gasteiger partial charge is 0.256 e. The minimum atomic E-state index is -0.117. The second-order valence-electron chi connectivity index (χ2n) is 5.61. The normalized spacial score (nSPS) is 18.2. The lowest BCUT2D eigenvalue weighted by Crippen LogP contribution is -2.55. The van der Waals surface area contributed by atoms with Crippen LogP contribution < -0.4 is 5.32 Å². The molecule has 1 N–H and O–H groups in total. The van der Waals surface area contributed by atoms with Gasteiger partial charge in [-0.05, 0) is 40.8 Å². The fraction of sp³-hybridized carbons (Fsp3) is 0.714. The number of hydrogen-bond acceptors (Lipinski definition) is 5. The van der Waals surface area contributed by atoms with Crippen LogP contribution in [0.4, 0.5) is 0 Å². The zero-order valence-electron chi connectivity index (χ0n) is 12.7. The third-order valence-corrected chi connectivity index (χ3v) is 4.21. The highest BCUT2D eigenvalue weighted by atomic mass is 16.5. The van der Waals surface area contributed by atoms with E-state index in [1.165, 1.54) is 0 Å². The number of ether oxygens (including phenoxy) is 1. The maximum absolute atomic E-state index is 12.3. The average molecular weight is 281 g/mol. The summed E-state index contributed by atoms with van der Waals surface area (Å²) in [5.41, 5.74) is 1.14. The summed E-state index contributed by atoms with van der Waals surface area (Å²) in [5, 5.41) is 6.84. The molecule has 0 unspecified atom stereocenters. The monoisotopic (exact) mass is 281 g/mol. The van der Waals surface area contributed by atoms with Crippen LogP contribution in [0.5, 0.6) is 0 Å². The van der Waals surface area contributed by atoms with Crippen molar-refractivity contribution in [2.75, 3.05) is 33.9 Å². The average Bonchev–Trinajstić information content (AvgIpc) is 2.76. The van der Waals surface area contributed by atoms with E-state index >= 15 is 0 Å². The van der Waals surface area contributed by atoms with E-state index < -0.39 is 0 Å². The van der Waals surface area contributed by atoms with Crippen LogP contribution >= 0.6 is 0 Å². The van der Waals surface area contributed by atoms with Crippen molar-refractivity contribution in [3.05, 3.63) is 17.0 Å². The third-order valence-electron chi connectivity index (χ3n) is 4.21. The minimum absolute atomic E-state index is 0.0348. The summed E-state index contributed by atoms with van der Waals surface area (Å²) in [4.78, 5) is 14.5. The number of likely N-dealkylation sites (N-methyl/N-ethyl adjacent to an activating group) is 1. The summed E-state index contributed by atoms with van der Waals surface area (Å²) < 4.78 is 10.5. The van der Waals surface area contributed by atoms with Gasteiger partial charge in [0, 0.05) is 25.3 Å². The number of nitrogens with one attached hydrogen (secondary N) is 1.